The first-order valence-corrected chi connectivity index (χ1v) is 29.9. The highest BCUT2D eigenvalue weighted by atomic mass is 15.1. The highest BCUT2D eigenvalue weighted by Crippen LogP contribution is 2.48. The summed E-state index contributed by atoms with van der Waals surface area (Å²) in [6.07, 6.45) is 34.5. The molecule has 13 rings (SSSR count). The van der Waals surface area contributed by atoms with Gasteiger partial charge in [-0.25, -0.2) is 9.97 Å². The Balaban J connectivity index is 0.924. The lowest BCUT2D eigenvalue weighted by molar-refractivity contribution is -0.583. The molecule has 2 aromatic heterocycles. The maximum atomic E-state index is 5.29. The van der Waals surface area contributed by atoms with Crippen molar-refractivity contribution in [1.29, 1.82) is 0 Å². The third kappa shape index (κ3) is 10.3. The molecule has 4 fully saturated rings. The van der Waals surface area contributed by atoms with Crippen LogP contribution in [0.15, 0.2) is 189 Å². The quantitative estimate of drug-likeness (QED) is 0.117. The fraction of sp³-hybridized carbons (Fsp3) is 0.333. The molecular weight excluding hydrogens is 935 g/mol. The van der Waals surface area contributed by atoms with Crippen LogP contribution < -0.4 is 9.47 Å². The summed E-state index contributed by atoms with van der Waals surface area (Å²) in [5.74, 6) is 4.25. The van der Waals surface area contributed by atoms with Crippen LogP contribution in [0, 0.1) is 0 Å². The predicted molar refractivity (Wildman–Crippen MR) is 319 cm³/mol. The maximum Gasteiger partial charge on any atom is 0.291 e. The van der Waals surface area contributed by atoms with E-state index in [0.29, 0.717) is 23.7 Å². The van der Waals surface area contributed by atoms with Gasteiger partial charge in [0.1, 0.15) is 23.9 Å². The van der Waals surface area contributed by atoms with Crippen molar-refractivity contribution in [3.63, 3.8) is 0 Å². The molecule has 9 aromatic rings. The fourth-order valence-electron chi connectivity index (χ4n) is 14.5. The van der Waals surface area contributed by atoms with Crippen LogP contribution in [0.2, 0.25) is 0 Å². The number of nitrogens with zero attached hydrogens (tertiary/aromatic N) is 4. The molecule has 0 unspecified atom stereocenters. The van der Waals surface area contributed by atoms with Gasteiger partial charge in [-0.3, -0.25) is 4.57 Å². The molecule has 1 N–H and O–H groups in total. The summed E-state index contributed by atoms with van der Waals surface area (Å²) in [5, 5.41) is 0. The number of aromatic amines is 1. The van der Waals surface area contributed by atoms with Gasteiger partial charge in [0, 0.05) is 46.1 Å². The number of rotatable bonds is 13. The van der Waals surface area contributed by atoms with Crippen molar-refractivity contribution in [1.82, 2.24) is 14.5 Å². The molecule has 0 bridgehead atoms. The fourth-order valence-corrected chi connectivity index (χ4v) is 14.5. The Morgan fingerprint density at radius 1 is 0.403 bits per heavy atom. The van der Waals surface area contributed by atoms with Crippen LogP contribution in [0.1, 0.15) is 174 Å². The van der Waals surface area contributed by atoms with Gasteiger partial charge < -0.3 is 4.90 Å². The van der Waals surface area contributed by atoms with Crippen molar-refractivity contribution in [3.05, 3.63) is 211 Å². The van der Waals surface area contributed by atoms with E-state index in [0.717, 1.165) is 34.3 Å². The van der Waals surface area contributed by atoms with Crippen molar-refractivity contribution < 1.29 is 4.57 Å². The van der Waals surface area contributed by atoms with Crippen LogP contribution in [-0.2, 0) is 0 Å². The highest BCUT2D eigenvalue weighted by molar-refractivity contribution is 5.81. The zero-order valence-electron chi connectivity index (χ0n) is 45.1. The van der Waals surface area contributed by atoms with Gasteiger partial charge in [-0.05, 0) is 175 Å². The Morgan fingerprint density at radius 2 is 0.818 bits per heavy atom. The van der Waals surface area contributed by atoms with Gasteiger partial charge in [0.15, 0.2) is 0 Å². The number of imidazole rings is 2. The first kappa shape index (κ1) is 49.3. The third-order valence-electron chi connectivity index (χ3n) is 18.3. The molecule has 4 saturated carbocycles. The highest BCUT2D eigenvalue weighted by Gasteiger charge is 2.33. The Bertz CT molecular complexity index is 3110. The van der Waals surface area contributed by atoms with E-state index in [1.54, 1.807) is 0 Å². The molecule has 5 nitrogen and oxygen atoms in total. The topological polar surface area (TPSA) is 40.7 Å². The first-order chi connectivity index (χ1) is 38.2. The number of aromatic nitrogens is 4. The zero-order valence-corrected chi connectivity index (χ0v) is 45.1. The SMILES string of the molecule is c1ccc(-c2cc(C3CCCCC3)c(-n3ccnc3-c3cccc(N(c4ccccc4)c4cccc(-c5[nH]cc[n+]5-c5c(C6CCCCC6)cc(-c6ccccc6)cc5C5CCCCC5)c4)c3)c(C3CCCCC3)c2)cc1. The van der Waals surface area contributed by atoms with Gasteiger partial charge in [0.05, 0.1) is 11.3 Å². The number of hydrogen-bond acceptors (Lipinski definition) is 2. The van der Waals surface area contributed by atoms with Gasteiger partial charge in [0.2, 0.25) is 0 Å². The number of H-pyrrole nitrogens is 1. The van der Waals surface area contributed by atoms with Crippen molar-refractivity contribution in [2.24, 2.45) is 0 Å². The van der Waals surface area contributed by atoms with E-state index >= 15 is 0 Å². The molecule has 4 aliphatic carbocycles. The van der Waals surface area contributed by atoms with E-state index in [2.05, 4.69) is 201 Å². The molecule has 5 heteroatoms. The molecule has 0 spiro atoms. The molecule has 77 heavy (non-hydrogen) atoms. The van der Waals surface area contributed by atoms with Crippen molar-refractivity contribution in [3.8, 4) is 56.4 Å². The number of nitrogens with one attached hydrogen (secondary N) is 1. The molecule has 0 amide bonds. The number of hydrogen-bond donors (Lipinski definition) is 1. The van der Waals surface area contributed by atoms with E-state index in [9.17, 15) is 0 Å². The minimum Gasteiger partial charge on any atom is -0.310 e. The number of anilines is 3. The summed E-state index contributed by atoms with van der Waals surface area (Å²) in [5.41, 5.74) is 19.9. The molecule has 2 heterocycles. The summed E-state index contributed by atoms with van der Waals surface area (Å²) < 4.78 is 5.04. The molecule has 0 radical (unpaired) electrons. The van der Waals surface area contributed by atoms with Gasteiger partial charge in [0.25, 0.3) is 5.82 Å². The summed E-state index contributed by atoms with van der Waals surface area (Å²) in [6.45, 7) is 0. The standard InChI is InChI=1S/C72H75N5/c1-8-24-52(25-9-1)60-48-65(54-28-12-3-13-29-54)69(66(49-60)55-30-14-4-15-31-55)75-44-42-73-71(75)58-36-22-40-63(46-58)77(62-38-20-7-21-39-62)64-41-23-37-59(47-64)72-74-43-45-76(72)70-67(56-32-16-5-17-33-56)50-61(53-26-10-2-11-27-53)51-68(70)57-34-18-6-19-35-57/h1-2,7-11,20-27,36-51,54-57H,3-6,12-19,28-35H2/p+1. The van der Waals surface area contributed by atoms with Gasteiger partial charge in [-0.15, -0.1) is 0 Å². The van der Waals surface area contributed by atoms with Gasteiger partial charge in [-0.2, -0.15) is 4.57 Å². The van der Waals surface area contributed by atoms with Crippen LogP contribution in [-0.4, -0.2) is 14.5 Å². The molecule has 0 saturated heterocycles. The molecule has 0 aliphatic heterocycles. The third-order valence-corrected chi connectivity index (χ3v) is 18.3. The van der Waals surface area contributed by atoms with E-state index in [1.807, 2.05) is 6.20 Å². The summed E-state index contributed by atoms with van der Waals surface area (Å²) in [4.78, 5) is 11.6. The lowest BCUT2D eigenvalue weighted by Crippen LogP contribution is -2.35. The molecule has 7 aromatic carbocycles. The largest absolute Gasteiger partial charge is 0.310 e. The Morgan fingerprint density at radius 3 is 1.32 bits per heavy atom. The van der Waals surface area contributed by atoms with E-state index in [1.165, 1.54) is 190 Å². The Kier molecular flexibility index (Phi) is 14.6. The Labute approximate surface area is 458 Å². The monoisotopic (exact) mass is 1010 g/mol. The zero-order chi connectivity index (χ0) is 51.3. The Hall–Kier alpha value is -7.24. The first-order valence-electron chi connectivity index (χ1n) is 29.9. The van der Waals surface area contributed by atoms with Gasteiger partial charge in [-0.1, -0.05) is 174 Å². The van der Waals surface area contributed by atoms with E-state index < -0.39 is 0 Å². The van der Waals surface area contributed by atoms with Crippen molar-refractivity contribution in [2.45, 2.75) is 152 Å². The van der Waals surface area contributed by atoms with E-state index in [4.69, 9.17) is 4.98 Å². The molecule has 388 valence electrons. The smallest absolute Gasteiger partial charge is 0.291 e. The normalized spacial score (nSPS) is 17.1. The average Bonchev–Trinajstić information content (AvgIpc) is 4.27. The van der Waals surface area contributed by atoms with Crippen LogP contribution in [0.25, 0.3) is 56.4 Å². The second-order valence-corrected chi connectivity index (χ2v) is 23.1. The second-order valence-electron chi connectivity index (χ2n) is 23.1. The molecular formula is C72H76N5+. The van der Waals surface area contributed by atoms with Crippen LogP contribution >= 0.6 is 0 Å². The molecule has 4 aliphatic rings. The lowest BCUT2D eigenvalue weighted by atomic mass is 9.77. The number of para-hydroxylation sites is 1. The van der Waals surface area contributed by atoms with Crippen molar-refractivity contribution in [2.75, 3.05) is 4.90 Å². The maximum absolute atomic E-state index is 5.29. The van der Waals surface area contributed by atoms with Gasteiger partial charge >= 0.3 is 0 Å². The van der Waals surface area contributed by atoms with E-state index in [-0.39, 0.29) is 0 Å². The van der Waals surface area contributed by atoms with Crippen LogP contribution in [0.5, 0.6) is 0 Å². The van der Waals surface area contributed by atoms with Crippen LogP contribution in [0.3, 0.4) is 0 Å². The second kappa shape index (κ2) is 22.8. The molecule has 0 atom stereocenters. The van der Waals surface area contributed by atoms with Crippen LogP contribution in [0.4, 0.5) is 17.1 Å². The summed E-state index contributed by atoms with van der Waals surface area (Å²) in [7, 11) is 0. The number of benzene rings is 7. The summed E-state index contributed by atoms with van der Waals surface area (Å²) in [6, 6.07) is 62.0. The average molecular weight is 1010 g/mol. The lowest BCUT2D eigenvalue weighted by Gasteiger charge is -2.31. The predicted octanol–water partition coefficient (Wildman–Crippen LogP) is 19.8. The minimum absolute atomic E-state index is 0.525. The summed E-state index contributed by atoms with van der Waals surface area (Å²) >= 11 is 0. The minimum atomic E-state index is 0.525. The van der Waals surface area contributed by atoms with Crippen molar-refractivity contribution >= 4 is 17.1 Å².